The molecule has 0 aliphatic rings. The number of hydrogen-bond acceptors (Lipinski definition) is 4. The van der Waals surface area contributed by atoms with E-state index in [1.54, 1.807) is 12.1 Å². The maximum absolute atomic E-state index is 12.2. The zero-order valence-electron chi connectivity index (χ0n) is 11.4. The Hall–Kier alpha value is -2.95. The number of aromatic nitrogens is 2. The highest BCUT2D eigenvalue weighted by Gasteiger charge is 2.08. The Labute approximate surface area is 121 Å². The summed E-state index contributed by atoms with van der Waals surface area (Å²) in [6, 6.07) is 14.7. The molecule has 1 aromatic heterocycles. The molecule has 3 aromatic rings. The van der Waals surface area contributed by atoms with E-state index in [1.807, 2.05) is 43.3 Å². The highest BCUT2D eigenvalue weighted by Crippen LogP contribution is 2.20. The lowest BCUT2D eigenvalue weighted by Crippen LogP contribution is -2.11. The lowest BCUT2D eigenvalue weighted by Gasteiger charge is -2.06. The Morgan fingerprint density at radius 2 is 2.00 bits per heavy atom. The van der Waals surface area contributed by atoms with Crippen LogP contribution in [0.1, 0.15) is 15.9 Å². The lowest BCUT2D eigenvalue weighted by molar-refractivity contribution is 0.102. The third-order valence-electron chi connectivity index (χ3n) is 3.01. The maximum Gasteiger partial charge on any atom is 0.255 e. The largest absolute Gasteiger partial charge is 0.423 e. The molecule has 0 fully saturated rings. The smallest absolute Gasteiger partial charge is 0.255 e. The van der Waals surface area contributed by atoms with Crippen molar-refractivity contribution in [2.24, 2.45) is 0 Å². The molecule has 0 aliphatic carbocycles. The molecule has 1 N–H and O–H groups in total. The van der Waals surface area contributed by atoms with Crippen molar-refractivity contribution in [3.8, 4) is 11.5 Å². The normalized spacial score (nSPS) is 10.3. The van der Waals surface area contributed by atoms with Gasteiger partial charge in [-0.3, -0.25) is 4.79 Å². The standard InChI is InChI=1S/C16H13N3O2/c1-11-4-2-5-12(8-11)15(20)18-14-7-3-6-13(9-14)16-19-17-10-21-16/h2-10H,1H3,(H,18,20). The van der Waals surface area contributed by atoms with Gasteiger partial charge in [0.2, 0.25) is 12.3 Å². The van der Waals surface area contributed by atoms with Crippen LogP contribution in [0.25, 0.3) is 11.5 Å². The van der Waals surface area contributed by atoms with Gasteiger partial charge in [0.25, 0.3) is 5.91 Å². The Kier molecular flexibility index (Phi) is 3.47. The SMILES string of the molecule is Cc1cccc(C(=O)Nc2cccc(-c3nnco3)c2)c1. The van der Waals surface area contributed by atoms with Crippen molar-refractivity contribution in [2.45, 2.75) is 6.92 Å². The molecule has 0 bridgehead atoms. The van der Waals surface area contributed by atoms with Gasteiger partial charge in [-0.25, -0.2) is 0 Å². The van der Waals surface area contributed by atoms with Gasteiger partial charge in [-0.15, -0.1) is 10.2 Å². The molecule has 21 heavy (non-hydrogen) atoms. The molecule has 0 atom stereocenters. The Bertz CT molecular complexity index is 767. The number of carbonyl (C=O) groups is 1. The minimum atomic E-state index is -0.152. The van der Waals surface area contributed by atoms with Crippen LogP contribution in [0.3, 0.4) is 0 Å². The molecule has 5 heteroatoms. The summed E-state index contributed by atoms with van der Waals surface area (Å²) < 4.78 is 5.14. The average molecular weight is 279 g/mol. The van der Waals surface area contributed by atoms with Gasteiger partial charge in [-0.1, -0.05) is 23.8 Å². The van der Waals surface area contributed by atoms with Crippen LogP contribution >= 0.6 is 0 Å². The van der Waals surface area contributed by atoms with Gasteiger partial charge in [-0.2, -0.15) is 0 Å². The molecule has 0 spiro atoms. The van der Waals surface area contributed by atoms with E-state index in [-0.39, 0.29) is 5.91 Å². The van der Waals surface area contributed by atoms with Crippen molar-refractivity contribution < 1.29 is 9.21 Å². The van der Waals surface area contributed by atoms with Gasteiger partial charge >= 0.3 is 0 Å². The second-order valence-corrected chi connectivity index (χ2v) is 4.65. The molecule has 0 saturated heterocycles. The molecular formula is C16H13N3O2. The number of benzene rings is 2. The zero-order valence-corrected chi connectivity index (χ0v) is 11.4. The minimum Gasteiger partial charge on any atom is -0.423 e. The lowest BCUT2D eigenvalue weighted by atomic mass is 10.1. The molecule has 0 saturated carbocycles. The molecule has 1 amide bonds. The van der Waals surface area contributed by atoms with E-state index in [4.69, 9.17) is 4.42 Å². The van der Waals surface area contributed by atoms with Gasteiger partial charge in [0.15, 0.2) is 0 Å². The fourth-order valence-corrected chi connectivity index (χ4v) is 2.02. The summed E-state index contributed by atoms with van der Waals surface area (Å²) in [6.45, 7) is 1.95. The minimum absolute atomic E-state index is 0.152. The summed E-state index contributed by atoms with van der Waals surface area (Å²) in [6.07, 6.45) is 1.27. The van der Waals surface area contributed by atoms with E-state index in [0.717, 1.165) is 11.1 Å². The highest BCUT2D eigenvalue weighted by molar-refractivity contribution is 6.04. The summed E-state index contributed by atoms with van der Waals surface area (Å²) in [7, 11) is 0. The van der Waals surface area contributed by atoms with E-state index >= 15 is 0 Å². The Morgan fingerprint density at radius 3 is 2.76 bits per heavy atom. The number of amides is 1. The van der Waals surface area contributed by atoms with E-state index < -0.39 is 0 Å². The molecule has 0 aliphatic heterocycles. The van der Waals surface area contributed by atoms with Gasteiger partial charge in [0, 0.05) is 16.8 Å². The van der Waals surface area contributed by atoms with E-state index in [1.165, 1.54) is 6.39 Å². The van der Waals surface area contributed by atoms with Crippen LogP contribution in [0.15, 0.2) is 59.3 Å². The number of nitrogens with zero attached hydrogens (tertiary/aromatic N) is 2. The number of rotatable bonds is 3. The van der Waals surface area contributed by atoms with Gasteiger partial charge in [-0.05, 0) is 37.3 Å². The summed E-state index contributed by atoms with van der Waals surface area (Å²) in [5.41, 5.74) is 3.10. The zero-order chi connectivity index (χ0) is 14.7. The molecule has 2 aromatic carbocycles. The van der Waals surface area contributed by atoms with Crippen molar-refractivity contribution in [2.75, 3.05) is 5.32 Å². The molecule has 0 radical (unpaired) electrons. The van der Waals surface area contributed by atoms with Crippen LogP contribution in [-0.4, -0.2) is 16.1 Å². The first kappa shape index (κ1) is 13.1. The first-order chi connectivity index (χ1) is 10.2. The van der Waals surface area contributed by atoms with E-state index in [9.17, 15) is 4.79 Å². The predicted molar refractivity (Wildman–Crippen MR) is 78.9 cm³/mol. The first-order valence-electron chi connectivity index (χ1n) is 6.47. The molecule has 104 valence electrons. The van der Waals surface area contributed by atoms with Crippen molar-refractivity contribution in [3.63, 3.8) is 0 Å². The number of hydrogen-bond donors (Lipinski definition) is 1. The summed E-state index contributed by atoms with van der Waals surface area (Å²) in [5.74, 6) is 0.267. The van der Waals surface area contributed by atoms with Crippen molar-refractivity contribution in [1.29, 1.82) is 0 Å². The van der Waals surface area contributed by atoms with Crippen LogP contribution < -0.4 is 5.32 Å². The van der Waals surface area contributed by atoms with Crippen molar-refractivity contribution in [1.82, 2.24) is 10.2 Å². The summed E-state index contributed by atoms with van der Waals surface area (Å²) in [4.78, 5) is 12.2. The van der Waals surface area contributed by atoms with Gasteiger partial charge < -0.3 is 9.73 Å². The van der Waals surface area contributed by atoms with Crippen LogP contribution in [0.5, 0.6) is 0 Å². The monoisotopic (exact) mass is 279 g/mol. The maximum atomic E-state index is 12.2. The summed E-state index contributed by atoms with van der Waals surface area (Å²) in [5, 5.41) is 10.3. The molecule has 5 nitrogen and oxygen atoms in total. The van der Waals surface area contributed by atoms with Crippen molar-refractivity contribution in [3.05, 3.63) is 66.1 Å². The highest BCUT2D eigenvalue weighted by atomic mass is 16.4. The Balaban J connectivity index is 1.82. The summed E-state index contributed by atoms with van der Waals surface area (Å²) >= 11 is 0. The number of anilines is 1. The van der Waals surface area contributed by atoms with E-state index in [0.29, 0.717) is 17.1 Å². The predicted octanol–water partition coefficient (Wildman–Crippen LogP) is 3.30. The fraction of sp³-hybridized carbons (Fsp3) is 0.0625. The number of nitrogens with one attached hydrogen (secondary N) is 1. The number of aryl methyl sites for hydroxylation is 1. The van der Waals surface area contributed by atoms with Crippen LogP contribution in [0.2, 0.25) is 0 Å². The van der Waals surface area contributed by atoms with E-state index in [2.05, 4.69) is 15.5 Å². The topological polar surface area (TPSA) is 68.0 Å². The third-order valence-corrected chi connectivity index (χ3v) is 3.01. The van der Waals surface area contributed by atoms with Gasteiger partial charge in [0.05, 0.1) is 0 Å². The second-order valence-electron chi connectivity index (χ2n) is 4.65. The van der Waals surface area contributed by atoms with Crippen LogP contribution in [-0.2, 0) is 0 Å². The quantitative estimate of drug-likeness (QED) is 0.798. The van der Waals surface area contributed by atoms with Crippen molar-refractivity contribution >= 4 is 11.6 Å². The average Bonchev–Trinajstić information content (AvgIpc) is 3.02. The molecule has 0 unspecified atom stereocenters. The molecule has 1 heterocycles. The molecule has 3 rings (SSSR count). The number of carbonyl (C=O) groups excluding carboxylic acids is 1. The molecular weight excluding hydrogens is 266 g/mol. The van der Waals surface area contributed by atoms with Gasteiger partial charge in [0.1, 0.15) is 0 Å². The first-order valence-corrected chi connectivity index (χ1v) is 6.47. The third kappa shape index (κ3) is 2.97. The Morgan fingerprint density at radius 1 is 1.14 bits per heavy atom. The second kappa shape index (κ2) is 5.58. The fourth-order valence-electron chi connectivity index (χ4n) is 2.02. The van der Waals surface area contributed by atoms with Crippen LogP contribution in [0, 0.1) is 6.92 Å². The van der Waals surface area contributed by atoms with Crippen LogP contribution in [0.4, 0.5) is 5.69 Å².